The lowest BCUT2D eigenvalue weighted by molar-refractivity contribution is -0.143. The minimum absolute atomic E-state index is 0.345. The summed E-state index contributed by atoms with van der Waals surface area (Å²) in [5.41, 5.74) is 0. The van der Waals surface area contributed by atoms with Crippen LogP contribution in [0.4, 0.5) is 0 Å². The monoisotopic (exact) mass is 183 g/mol. The second-order valence-electron chi connectivity index (χ2n) is 2.45. The molecule has 0 aliphatic carbocycles. The van der Waals surface area contributed by atoms with E-state index in [1.807, 2.05) is 0 Å². The second kappa shape index (κ2) is 5.99. The standard InChI is InChI=1S/C9H13NO3/c1-3-5-10(6-4-2)8(11)7-9(12)13/h3-4H,1-2,5-7H2,(H,12,13). The molecule has 0 aromatic rings. The molecule has 0 saturated carbocycles. The van der Waals surface area contributed by atoms with Crippen LogP contribution in [0.15, 0.2) is 25.3 Å². The normalized spacial score (nSPS) is 8.92. The van der Waals surface area contributed by atoms with E-state index in [4.69, 9.17) is 5.11 Å². The third-order valence-corrected chi connectivity index (χ3v) is 1.35. The van der Waals surface area contributed by atoms with E-state index < -0.39 is 18.3 Å². The highest BCUT2D eigenvalue weighted by molar-refractivity contribution is 5.93. The van der Waals surface area contributed by atoms with E-state index in [9.17, 15) is 9.59 Å². The van der Waals surface area contributed by atoms with Crippen molar-refractivity contribution in [3.05, 3.63) is 25.3 Å². The van der Waals surface area contributed by atoms with Gasteiger partial charge in [-0.3, -0.25) is 9.59 Å². The molecule has 0 spiro atoms. The molecule has 0 unspecified atom stereocenters. The minimum atomic E-state index is -1.12. The highest BCUT2D eigenvalue weighted by Crippen LogP contribution is 1.95. The number of nitrogens with zero attached hydrogens (tertiary/aromatic N) is 1. The Morgan fingerprint density at radius 1 is 1.23 bits per heavy atom. The molecule has 0 bridgehead atoms. The lowest BCUT2D eigenvalue weighted by Crippen LogP contribution is -2.32. The summed E-state index contributed by atoms with van der Waals surface area (Å²) in [5.74, 6) is -1.55. The molecule has 0 rings (SSSR count). The lowest BCUT2D eigenvalue weighted by Gasteiger charge is -2.17. The molecule has 0 saturated heterocycles. The van der Waals surface area contributed by atoms with Crippen LogP contribution in [0, 0.1) is 0 Å². The van der Waals surface area contributed by atoms with Crippen LogP contribution in [0.3, 0.4) is 0 Å². The van der Waals surface area contributed by atoms with Gasteiger partial charge in [0.15, 0.2) is 0 Å². The van der Waals surface area contributed by atoms with E-state index in [0.29, 0.717) is 13.1 Å². The Balaban J connectivity index is 4.17. The van der Waals surface area contributed by atoms with Gasteiger partial charge in [-0.05, 0) is 0 Å². The van der Waals surface area contributed by atoms with Crippen LogP contribution in [-0.2, 0) is 9.59 Å². The predicted molar refractivity (Wildman–Crippen MR) is 49.2 cm³/mol. The van der Waals surface area contributed by atoms with E-state index >= 15 is 0 Å². The summed E-state index contributed by atoms with van der Waals surface area (Å²) < 4.78 is 0. The number of aliphatic carboxylic acids is 1. The van der Waals surface area contributed by atoms with Gasteiger partial charge < -0.3 is 10.0 Å². The molecule has 13 heavy (non-hydrogen) atoms. The first-order chi connectivity index (χ1) is 6.11. The first kappa shape index (κ1) is 11.4. The predicted octanol–water partition coefficient (Wildman–Crippen LogP) is 0.662. The molecule has 4 heteroatoms. The maximum atomic E-state index is 11.2. The molecule has 1 N–H and O–H groups in total. The number of hydrogen-bond donors (Lipinski definition) is 1. The number of carbonyl (C=O) groups is 2. The average Bonchev–Trinajstić information content (AvgIpc) is 2.02. The zero-order valence-electron chi connectivity index (χ0n) is 7.40. The van der Waals surface area contributed by atoms with Gasteiger partial charge in [0.2, 0.25) is 5.91 Å². The molecule has 0 heterocycles. The Labute approximate surface area is 77.2 Å². The van der Waals surface area contributed by atoms with Gasteiger partial charge in [0.25, 0.3) is 0 Å². The number of hydrogen-bond acceptors (Lipinski definition) is 2. The zero-order valence-corrected chi connectivity index (χ0v) is 7.40. The molecule has 0 atom stereocenters. The molecule has 4 nitrogen and oxygen atoms in total. The molecular weight excluding hydrogens is 170 g/mol. The van der Waals surface area contributed by atoms with Gasteiger partial charge in [-0.2, -0.15) is 0 Å². The summed E-state index contributed by atoms with van der Waals surface area (Å²) in [5, 5.41) is 8.37. The fourth-order valence-corrected chi connectivity index (χ4v) is 0.831. The zero-order chi connectivity index (χ0) is 10.3. The van der Waals surface area contributed by atoms with Crippen molar-refractivity contribution >= 4 is 11.9 Å². The Morgan fingerprint density at radius 3 is 2.00 bits per heavy atom. The third-order valence-electron chi connectivity index (χ3n) is 1.35. The minimum Gasteiger partial charge on any atom is -0.481 e. The Hall–Kier alpha value is -1.58. The molecule has 72 valence electrons. The van der Waals surface area contributed by atoms with E-state index in [1.165, 1.54) is 4.90 Å². The molecule has 0 aliphatic rings. The van der Waals surface area contributed by atoms with Crippen molar-refractivity contribution in [1.82, 2.24) is 4.90 Å². The Bertz CT molecular complexity index is 213. The van der Waals surface area contributed by atoms with Gasteiger partial charge in [-0.15, -0.1) is 13.2 Å². The van der Waals surface area contributed by atoms with Gasteiger partial charge >= 0.3 is 5.97 Å². The smallest absolute Gasteiger partial charge is 0.312 e. The van der Waals surface area contributed by atoms with Crippen LogP contribution in [0.1, 0.15) is 6.42 Å². The number of carboxylic acid groups (broad SMARTS) is 1. The molecular formula is C9H13NO3. The van der Waals surface area contributed by atoms with Crippen molar-refractivity contribution in [2.45, 2.75) is 6.42 Å². The van der Waals surface area contributed by atoms with Gasteiger partial charge in [0.05, 0.1) is 0 Å². The number of carboxylic acids is 1. The maximum Gasteiger partial charge on any atom is 0.312 e. The first-order valence-electron chi connectivity index (χ1n) is 3.83. The Morgan fingerprint density at radius 2 is 1.69 bits per heavy atom. The van der Waals surface area contributed by atoms with Crippen LogP contribution in [0.5, 0.6) is 0 Å². The highest BCUT2D eigenvalue weighted by Gasteiger charge is 2.13. The number of rotatable bonds is 6. The summed E-state index contributed by atoms with van der Waals surface area (Å²) in [4.78, 5) is 22.8. The molecule has 0 aromatic heterocycles. The number of carbonyl (C=O) groups excluding carboxylic acids is 1. The van der Waals surface area contributed by atoms with Crippen LogP contribution < -0.4 is 0 Å². The van der Waals surface area contributed by atoms with Crippen molar-refractivity contribution in [3.8, 4) is 0 Å². The van der Waals surface area contributed by atoms with Crippen molar-refractivity contribution in [2.75, 3.05) is 13.1 Å². The lowest BCUT2D eigenvalue weighted by atomic mass is 10.3. The van der Waals surface area contributed by atoms with E-state index in [-0.39, 0.29) is 0 Å². The molecule has 0 radical (unpaired) electrons. The first-order valence-corrected chi connectivity index (χ1v) is 3.83. The van der Waals surface area contributed by atoms with Crippen molar-refractivity contribution in [1.29, 1.82) is 0 Å². The van der Waals surface area contributed by atoms with Crippen LogP contribution >= 0.6 is 0 Å². The fourth-order valence-electron chi connectivity index (χ4n) is 0.831. The van der Waals surface area contributed by atoms with Crippen molar-refractivity contribution < 1.29 is 14.7 Å². The van der Waals surface area contributed by atoms with Crippen LogP contribution in [-0.4, -0.2) is 35.0 Å². The maximum absolute atomic E-state index is 11.2. The summed E-state index contributed by atoms with van der Waals surface area (Å²) in [6, 6.07) is 0. The Kier molecular flexibility index (Phi) is 5.27. The summed E-state index contributed by atoms with van der Waals surface area (Å²) in [6.45, 7) is 7.63. The van der Waals surface area contributed by atoms with E-state index in [2.05, 4.69) is 13.2 Å². The topological polar surface area (TPSA) is 57.6 Å². The van der Waals surface area contributed by atoms with Gasteiger partial charge in [0, 0.05) is 13.1 Å². The fraction of sp³-hybridized carbons (Fsp3) is 0.333. The molecule has 1 amide bonds. The molecule has 0 aliphatic heterocycles. The van der Waals surface area contributed by atoms with E-state index in [0.717, 1.165) is 0 Å². The van der Waals surface area contributed by atoms with Gasteiger partial charge in [0.1, 0.15) is 6.42 Å². The molecule has 0 aromatic carbocycles. The molecule has 0 fully saturated rings. The highest BCUT2D eigenvalue weighted by atomic mass is 16.4. The largest absolute Gasteiger partial charge is 0.481 e. The summed E-state index contributed by atoms with van der Waals surface area (Å²) >= 11 is 0. The van der Waals surface area contributed by atoms with E-state index in [1.54, 1.807) is 12.2 Å². The van der Waals surface area contributed by atoms with Crippen LogP contribution in [0.25, 0.3) is 0 Å². The summed E-state index contributed by atoms with van der Waals surface area (Å²) in [7, 11) is 0. The van der Waals surface area contributed by atoms with Crippen molar-refractivity contribution in [3.63, 3.8) is 0 Å². The SMILES string of the molecule is C=CCN(CC=C)C(=O)CC(=O)O. The number of amides is 1. The van der Waals surface area contributed by atoms with Crippen molar-refractivity contribution in [2.24, 2.45) is 0 Å². The average molecular weight is 183 g/mol. The van der Waals surface area contributed by atoms with Crippen LogP contribution in [0.2, 0.25) is 0 Å². The van der Waals surface area contributed by atoms with Gasteiger partial charge in [-0.1, -0.05) is 12.2 Å². The third kappa shape index (κ3) is 4.79. The van der Waals surface area contributed by atoms with Gasteiger partial charge in [-0.25, -0.2) is 0 Å². The quantitative estimate of drug-likeness (QED) is 0.486. The summed E-state index contributed by atoms with van der Waals surface area (Å²) in [6.07, 6.45) is 2.61. The second-order valence-corrected chi connectivity index (χ2v) is 2.45.